The van der Waals surface area contributed by atoms with Gasteiger partial charge in [0.15, 0.2) is 0 Å². The van der Waals surface area contributed by atoms with Gasteiger partial charge in [-0.3, -0.25) is 0 Å². The van der Waals surface area contributed by atoms with E-state index >= 15 is 0 Å². The molecule has 0 radical (unpaired) electrons. The van der Waals surface area contributed by atoms with Crippen molar-refractivity contribution in [3.05, 3.63) is 21.8 Å². The molecule has 0 amide bonds. The van der Waals surface area contributed by atoms with Crippen molar-refractivity contribution in [1.82, 2.24) is 0 Å². The predicted molar refractivity (Wildman–Crippen MR) is 51.0 cm³/mol. The van der Waals surface area contributed by atoms with Crippen LogP contribution in [0.15, 0.2) is 21.8 Å². The van der Waals surface area contributed by atoms with Crippen LogP contribution in [0, 0.1) is 0 Å². The van der Waals surface area contributed by atoms with Crippen LogP contribution in [0.1, 0.15) is 6.42 Å². The van der Waals surface area contributed by atoms with Gasteiger partial charge in [-0.25, -0.2) is 0 Å². The zero-order valence-electron chi connectivity index (χ0n) is 5.18. The summed E-state index contributed by atoms with van der Waals surface area (Å²) in [7, 11) is 0. The van der Waals surface area contributed by atoms with Crippen molar-refractivity contribution >= 4 is 24.7 Å². The van der Waals surface area contributed by atoms with Gasteiger partial charge in [-0.05, 0) is 14.0 Å². The largest absolute Gasteiger partial charge is 0.326 e. The fourth-order valence-corrected chi connectivity index (χ4v) is 2.38. The molecule has 0 fully saturated rings. The highest BCUT2D eigenvalue weighted by molar-refractivity contribution is 14.2. The summed E-state index contributed by atoms with van der Waals surface area (Å²) >= 11 is 0.170. The van der Waals surface area contributed by atoms with Gasteiger partial charge < -0.3 is 5.73 Å². The molecule has 0 aliphatic carbocycles. The molecule has 0 aromatic rings. The number of halogens is 1. The first-order valence-corrected chi connectivity index (χ1v) is 5.27. The maximum Gasteiger partial charge on any atom is 0.0232 e. The average Bonchev–Trinajstić information content (AvgIpc) is 2.13. The Morgan fingerprint density at radius 2 is 2.56 bits per heavy atom. The summed E-state index contributed by atoms with van der Waals surface area (Å²) in [4.78, 5) is 0. The zero-order valence-corrected chi connectivity index (χ0v) is 7.34. The van der Waals surface area contributed by atoms with E-state index in [1.807, 2.05) is 0 Å². The molecule has 0 aromatic carbocycles. The molecule has 50 valence electrons. The molecule has 1 aliphatic rings. The highest BCUT2D eigenvalue weighted by Gasteiger charge is 1.87. The lowest BCUT2D eigenvalue weighted by Gasteiger charge is -1.89. The van der Waals surface area contributed by atoms with Gasteiger partial charge in [-0.15, -0.1) is 0 Å². The summed E-state index contributed by atoms with van der Waals surface area (Å²) in [5.74, 6) is 0. The van der Waals surface area contributed by atoms with Crippen molar-refractivity contribution in [1.29, 1.82) is 0 Å². The van der Waals surface area contributed by atoms with Crippen molar-refractivity contribution in [2.45, 2.75) is 6.42 Å². The maximum atomic E-state index is 5.48. The van der Waals surface area contributed by atoms with Gasteiger partial charge in [0, 0.05) is 6.54 Å². The molecule has 0 unspecified atom stereocenters. The first-order valence-electron chi connectivity index (χ1n) is 2.94. The van der Waals surface area contributed by atoms with Crippen LogP contribution in [-0.2, 0) is 0 Å². The molecule has 0 bridgehead atoms. The van der Waals surface area contributed by atoms with E-state index in [1.165, 1.54) is 3.58 Å². The third-order valence-electron chi connectivity index (χ3n) is 1.05. The molecule has 1 heterocycles. The molecular weight excluding hydrogens is 225 g/mol. The van der Waals surface area contributed by atoms with Crippen molar-refractivity contribution < 1.29 is 0 Å². The predicted octanol–water partition coefficient (Wildman–Crippen LogP) is 1.56. The van der Waals surface area contributed by atoms with Crippen LogP contribution in [0.2, 0.25) is 0 Å². The zero-order chi connectivity index (χ0) is 6.53. The van der Waals surface area contributed by atoms with Crippen LogP contribution < -0.4 is 5.73 Å². The second-order valence-corrected chi connectivity index (χ2v) is 4.63. The highest BCUT2D eigenvalue weighted by atomic mass is 127. The maximum absolute atomic E-state index is 5.48. The van der Waals surface area contributed by atoms with Gasteiger partial charge in [-0.1, -0.05) is 39.0 Å². The monoisotopic (exact) mass is 235 g/mol. The van der Waals surface area contributed by atoms with Crippen LogP contribution in [0.25, 0.3) is 0 Å². The average molecular weight is 235 g/mol. The molecule has 2 N–H and O–H groups in total. The lowest BCUT2D eigenvalue weighted by atomic mass is 10.4. The van der Waals surface area contributed by atoms with Crippen LogP contribution in [0.5, 0.6) is 0 Å². The Kier molecular flexibility index (Phi) is 3.14. The van der Waals surface area contributed by atoms with E-state index in [0.29, 0.717) is 0 Å². The molecule has 0 aromatic heterocycles. The Morgan fingerprint density at radius 1 is 1.67 bits per heavy atom. The fraction of sp³-hybridized carbons (Fsp3) is 0.286. The van der Waals surface area contributed by atoms with Crippen LogP contribution in [-0.4, -0.2) is 10.6 Å². The van der Waals surface area contributed by atoms with Crippen LogP contribution in [0.3, 0.4) is 0 Å². The highest BCUT2D eigenvalue weighted by Crippen LogP contribution is 2.14. The first kappa shape index (κ1) is 7.15. The Morgan fingerprint density at radius 3 is 3.33 bits per heavy atom. The topological polar surface area (TPSA) is 26.0 Å². The van der Waals surface area contributed by atoms with Gasteiger partial charge in [0.2, 0.25) is 0 Å². The molecule has 0 saturated heterocycles. The lowest BCUT2D eigenvalue weighted by Crippen LogP contribution is -1.97. The van der Waals surface area contributed by atoms with Crippen LogP contribution >= 0.6 is 20.7 Å². The molecular formula is C7H10IN. The summed E-state index contributed by atoms with van der Waals surface area (Å²) in [5, 5.41) is 0. The van der Waals surface area contributed by atoms with E-state index in [1.54, 1.807) is 0 Å². The summed E-state index contributed by atoms with van der Waals surface area (Å²) in [5.41, 5.74) is 5.48. The second-order valence-electron chi connectivity index (χ2n) is 1.74. The summed E-state index contributed by atoms with van der Waals surface area (Å²) in [6.45, 7) is 0.744. The number of hydrogen-bond donors (Lipinski definition) is 1. The van der Waals surface area contributed by atoms with Gasteiger partial charge in [-0.2, -0.15) is 0 Å². The fourth-order valence-electron chi connectivity index (χ4n) is 0.595. The molecule has 1 aliphatic heterocycles. The third-order valence-corrected chi connectivity index (χ3v) is 3.60. The minimum absolute atomic E-state index is 0.170. The Hall–Kier alpha value is 0.0400. The standard InChI is InChI=1S/C7H10IN/c9-6-7-4-2-1-3-5-8-7/h1-2,4-5H,3,6,9H2. The molecule has 0 atom stereocenters. The van der Waals surface area contributed by atoms with Crippen molar-refractivity contribution in [3.63, 3.8) is 0 Å². The van der Waals surface area contributed by atoms with E-state index in [2.05, 4.69) is 22.2 Å². The quantitative estimate of drug-likeness (QED) is 0.686. The summed E-state index contributed by atoms with van der Waals surface area (Å²) in [6.07, 6.45) is 7.55. The number of hydrogen-bond acceptors (Lipinski definition) is 1. The van der Waals surface area contributed by atoms with Gasteiger partial charge in [0.25, 0.3) is 0 Å². The third kappa shape index (κ3) is 2.41. The minimum Gasteiger partial charge on any atom is -0.326 e. The van der Waals surface area contributed by atoms with Gasteiger partial charge >= 0.3 is 0 Å². The Balaban J connectivity index is 2.67. The molecule has 0 saturated carbocycles. The molecule has 1 rings (SSSR count). The van der Waals surface area contributed by atoms with Gasteiger partial charge in [0.1, 0.15) is 0 Å². The minimum atomic E-state index is 0.170. The Bertz CT molecular complexity index is 168. The molecule has 1 nitrogen and oxygen atoms in total. The van der Waals surface area contributed by atoms with Crippen molar-refractivity contribution in [3.8, 4) is 0 Å². The smallest absolute Gasteiger partial charge is 0.0232 e. The van der Waals surface area contributed by atoms with E-state index < -0.39 is 0 Å². The normalized spacial score (nSPS) is 18.1. The summed E-state index contributed by atoms with van der Waals surface area (Å²) < 4.78 is 3.78. The number of rotatable bonds is 1. The molecule has 0 spiro atoms. The van der Waals surface area contributed by atoms with E-state index in [4.69, 9.17) is 5.73 Å². The first-order chi connectivity index (χ1) is 4.43. The van der Waals surface area contributed by atoms with Gasteiger partial charge in [0.05, 0.1) is 0 Å². The van der Waals surface area contributed by atoms with Crippen molar-refractivity contribution in [2.75, 3.05) is 6.54 Å². The lowest BCUT2D eigenvalue weighted by molar-refractivity contribution is 1.25. The molecule has 2 heteroatoms. The summed E-state index contributed by atoms with van der Waals surface area (Å²) in [6, 6.07) is 0. The second kappa shape index (κ2) is 3.95. The number of nitrogens with two attached hydrogens (primary N) is 1. The van der Waals surface area contributed by atoms with Crippen molar-refractivity contribution in [2.24, 2.45) is 5.73 Å². The van der Waals surface area contributed by atoms with E-state index in [0.717, 1.165) is 13.0 Å². The van der Waals surface area contributed by atoms with Crippen LogP contribution in [0.4, 0.5) is 0 Å². The molecule has 9 heavy (non-hydrogen) atoms. The number of allylic oxidation sites excluding steroid dienone is 3. The Labute approximate surface area is 65.4 Å². The SMILES string of the molecule is NCC1=CC=CCC=I1. The van der Waals surface area contributed by atoms with E-state index in [9.17, 15) is 0 Å². The van der Waals surface area contributed by atoms with E-state index in [-0.39, 0.29) is 20.7 Å².